The Labute approximate surface area is 104 Å². The number of methoxy groups -OCH3 is 1. The van der Waals surface area contributed by atoms with Gasteiger partial charge in [0.15, 0.2) is 9.84 Å². The lowest BCUT2D eigenvalue weighted by molar-refractivity contribution is 0.166. The minimum Gasteiger partial charge on any atom is -0.497 e. The van der Waals surface area contributed by atoms with Crippen molar-refractivity contribution in [3.63, 3.8) is 0 Å². The largest absolute Gasteiger partial charge is 0.497 e. The quantitative estimate of drug-likeness (QED) is 0.906. The predicted molar refractivity (Wildman–Crippen MR) is 62.2 cm³/mol. The molecule has 1 aromatic carbocycles. The molecule has 0 aliphatic heterocycles. The van der Waals surface area contributed by atoms with E-state index in [0.29, 0.717) is 0 Å². The first kappa shape index (κ1) is 14.8. The molecule has 0 aliphatic carbocycles. The Morgan fingerprint density at radius 2 is 1.72 bits per heavy atom. The molecule has 0 amide bonds. The van der Waals surface area contributed by atoms with E-state index in [1.165, 1.54) is 14.0 Å². The van der Waals surface area contributed by atoms with E-state index in [9.17, 15) is 22.3 Å². The van der Waals surface area contributed by atoms with Crippen LogP contribution in [0.3, 0.4) is 0 Å². The Bertz CT molecular complexity index is 519. The minimum absolute atomic E-state index is 0.0482. The maximum atomic E-state index is 13.6. The summed E-state index contributed by atoms with van der Waals surface area (Å²) in [7, 11) is -2.37. The first-order valence-corrected chi connectivity index (χ1v) is 7.03. The lowest BCUT2D eigenvalue weighted by Gasteiger charge is -2.19. The Morgan fingerprint density at radius 1 is 1.28 bits per heavy atom. The normalized spacial score (nSPS) is 15.2. The lowest BCUT2D eigenvalue weighted by atomic mass is 10.1. The van der Waals surface area contributed by atoms with Gasteiger partial charge in [0, 0.05) is 18.4 Å². The SMILES string of the molecule is COc1cc(F)c(C(O)C(C)S(C)(=O)=O)c(F)c1. The molecule has 1 rings (SSSR count). The summed E-state index contributed by atoms with van der Waals surface area (Å²) >= 11 is 0. The molecule has 4 nitrogen and oxygen atoms in total. The molecule has 0 heterocycles. The summed E-state index contributed by atoms with van der Waals surface area (Å²) in [5.41, 5.74) is -0.672. The summed E-state index contributed by atoms with van der Waals surface area (Å²) in [6.45, 7) is 1.18. The Hall–Kier alpha value is -1.21. The van der Waals surface area contributed by atoms with Crippen LogP contribution < -0.4 is 4.74 Å². The topological polar surface area (TPSA) is 63.6 Å². The maximum Gasteiger partial charge on any atom is 0.152 e. The van der Waals surface area contributed by atoms with Gasteiger partial charge in [-0.1, -0.05) is 0 Å². The highest BCUT2D eigenvalue weighted by Gasteiger charge is 2.30. The van der Waals surface area contributed by atoms with E-state index in [-0.39, 0.29) is 5.75 Å². The van der Waals surface area contributed by atoms with Gasteiger partial charge in [0.25, 0.3) is 0 Å². The van der Waals surface area contributed by atoms with Gasteiger partial charge in [-0.2, -0.15) is 0 Å². The average Bonchev–Trinajstić information content (AvgIpc) is 2.25. The Balaban J connectivity index is 3.26. The van der Waals surface area contributed by atoms with Crippen molar-refractivity contribution in [3.8, 4) is 5.75 Å². The van der Waals surface area contributed by atoms with E-state index in [1.54, 1.807) is 0 Å². The van der Waals surface area contributed by atoms with Crippen LogP contribution in [0, 0.1) is 11.6 Å². The fourth-order valence-corrected chi connectivity index (χ4v) is 2.03. The third-order valence-electron chi connectivity index (χ3n) is 2.70. The second-order valence-electron chi connectivity index (χ2n) is 3.98. The number of aliphatic hydroxyl groups excluding tert-OH is 1. The predicted octanol–water partition coefficient (Wildman–Crippen LogP) is 1.44. The van der Waals surface area contributed by atoms with Gasteiger partial charge in [-0.3, -0.25) is 0 Å². The van der Waals surface area contributed by atoms with Crippen molar-refractivity contribution in [2.24, 2.45) is 0 Å². The molecule has 0 aromatic heterocycles. The van der Waals surface area contributed by atoms with Crippen molar-refractivity contribution in [1.82, 2.24) is 0 Å². The molecule has 0 saturated carbocycles. The van der Waals surface area contributed by atoms with Gasteiger partial charge >= 0.3 is 0 Å². The number of hydrogen-bond acceptors (Lipinski definition) is 4. The van der Waals surface area contributed by atoms with Crippen molar-refractivity contribution >= 4 is 9.84 Å². The van der Waals surface area contributed by atoms with E-state index in [1.807, 2.05) is 0 Å². The molecule has 2 unspecified atom stereocenters. The number of halogens is 2. The summed E-state index contributed by atoms with van der Waals surface area (Å²) < 4.78 is 54.4. The molecule has 0 spiro atoms. The van der Waals surface area contributed by atoms with Crippen LogP contribution in [0.1, 0.15) is 18.6 Å². The lowest BCUT2D eigenvalue weighted by Crippen LogP contribution is -2.25. The molecular weight excluding hydrogens is 266 g/mol. The maximum absolute atomic E-state index is 13.6. The van der Waals surface area contributed by atoms with Gasteiger partial charge in [0.1, 0.15) is 23.5 Å². The first-order chi connectivity index (χ1) is 8.18. The molecule has 102 valence electrons. The standard InChI is InChI=1S/C11H14F2O4S/c1-6(18(3,15)16)11(14)10-8(12)4-7(17-2)5-9(10)13/h4-6,11,14H,1-3H3. The number of rotatable bonds is 4. The fraction of sp³-hybridized carbons (Fsp3) is 0.455. The van der Waals surface area contributed by atoms with Crippen LogP contribution in [0.2, 0.25) is 0 Å². The van der Waals surface area contributed by atoms with Crippen LogP contribution in [-0.2, 0) is 9.84 Å². The van der Waals surface area contributed by atoms with Gasteiger partial charge in [0.2, 0.25) is 0 Å². The molecule has 18 heavy (non-hydrogen) atoms. The van der Waals surface area contributed by atoms with Gasteiger partial charge in [-0.15, -0.1) is 0 Å². The number of aliphatic hydroxyl groups is 1. The molecular formula is C11H14F2O4S. The Morgan fingerprint density at radius 3 is 2.06 bits per heavy atom. The van der Waals surface area contributed by atoms with Crippen LogP contribution in [0.25, 0.3) is 0 Å². The van der Waals surface area contributed by atoms with Crippen molar-refractivity contribution in [1.29, 1.82) is 0 Å². The average molecular weight is 280 g/mol. The highest BCUT2D eigenvalue weighted by Crippen LogP contribution is 2.29. The number of benzene rings is 1. The smallest absolute Gasteiger partial charge is 0.152 e. The number of sulfone groups is 1. The van der Waals surface area contributed by atoms with E-state index in [2.05, 4.69) is 4.74 Å². The fourth-order valence-electron chi connectivity index (χ4n) is 1.43. The van der Waals surface area contributed by atoms with Crippen LogP contribution in [0.15, 0.2) is 12.1 Å². The molecule has 0 saturated heterocycles. The van der Waals surface area contributed by atoms with Gasteiger partial charge in [-0.05, 0) is 6.92 Å². The van der Waals surface area contributed by atoms with Gasteiger partial charge in [-0.25, -0.2) is 17.2 Å². The molecule has 0 bridgehead atoms. The third kappa shape index (κ3) is 2.97. The van der Waals surface area contributed by atoms with Crippen molar-refractivity contribution in [2.45, 2.75) is 18.3 Å². The summed E-state index contributed by atoms with van der Waals surface area (Å²) in [4.78, 5) is 0. The highest BCUT2D eigenvalue weighted by molar-refractivity contribution is 7.91. The molecule has 2 atom stereocenters. The van der Waals surface area contributed by atoms with Crippen molar-refractivity contribution in [3.05, 3.63) is 29.3 Å². The molecule has 0 radical (unpaired) electrons. The van der Waals surface area contributed by atoms with Gasteiger partial charge < -0.3 is 9.84 Å². The number of ether oxygens (including phenoxy) is 1. The van der Waals surface area contributed by atoms with Gasteiger partial charge in [0.05, 0.1) is 17.9 Å². The summed E-state index contributed by atoms with van der Waals surface area (Å²) in [5.74, 6) is -2.14. The van der Waals surface area contributed by atoms with Crippen LogP contribution in [0.5, 0.6) is 5.75 Å². The Kier molecular flexibility index (Phi) is 4.28. The monoisotopic (exact) mass is 280 g/mol. The summed E-state index contributed by atoms with van der Waals surface area (Å²) in [6.07, 6.45) is -0.883. The second kappa shape index (κ2) is 5.19. The van der Waals surface area contributed by atoms with E-state index in [0.717, 1.165) is 18.4 Å². The van der Waals surface area contributed by atoms with E-state index in [4.69, 9.17) is 0 Å². The van der Waals surface area contributed by atoms with Crippen LogP contribution >= 0.6 is 0 Å². The third-order valence-corrected chi connectivity index (χ3v) is 4.31. The molecule has 1 N–H and O–H groups in total. The van der Waals surface area contributed by atoms with Crippen molar-refractivity contribution < 1.29 is 27.0 Å². The molecule has 0 fully saturated rings. The number of hydrogen-bond donors (Lipinski definition) is 1. The van der Waals surface area contributed by atoms with Crippen LogP contribution in [0.4, 0.5) is 8.78 Å². The van der Waals surface area contributed by atoms with Crippen molar-refractivity contribution in [2.75, 3.05) is 13.4 Å². The highest BCUT2D eigenvalue weighted by atomic mass is 32.2. The molecule has 1 aromatic rings. The second-order valence-corrected chi connectivity index (χ2v) is 6.39. The van der Waals surface area contributed by atoms with E-state index >= 15 is 0 Å². The van der Waals surface area contributed by atoms with Crippen LogP contribution in [-0.4, -0.2) is 32.1 Å². The zero-order valence-electron chi connectivity index (χ0n) is 10.1. The molecule has 7 heteroatoms. The zero-order chi connectivity index (χ0) is 14.1. The zero-order valence-corrected chi connectivity index (χ0v) is 11.0. The molecule has 0 aliphatic rings. The summed E-state index contributed by atoms with van der Waals surface area (Å²) in [6, 6.07) is 1.77. The summed E-state index contributed by atoms with van der Waals surface area (Å²) in [5, 5.41) is 8.44. The van der Waals surface area contributed by atoms with E-state index < -0.39 is 38.4 Å². The minimum atomic E-state index is -3.61. The first-order valence-electron chi connectivity index (χ1n) is 5.08.